The van der Waals surface area contributed by atoms with Crippen LogP contribution in [-0.4, -0.2) is 11.4 Å². The van der Waals surface area contributed by atoms with Gasteiger partial charge in [-0.25, -0.2) is 4.89 Å². The molecule has 0 radical (unpaired) electrons. The lowest BCUT2D eigenvalue weighted by Crippen LogP contribution is -2.12. The van der Waals surface area contributed by atoms with Gasteiger partial charge in [0.05, 0.1) is 2.74 Å². The normalized spacial score (nSPS) is 15.1. The van der Waals surface area contributed by atoms with E-state index in [1.807, 2.05) is 30.3 Å². The molecular formula is C12H16O2. The van der Waals surface area contributed by atoms with Crippen molar-refractivity contribution in [2.45, 2.75) is 25.9 Å². The van der Waals surface area contributed by atoms with Gasteiger partial charge in [-0.1, -0.05) is 36.9 Å². The quantitative estimate of drug-likeness (QED) is 0.429. The Morgan fingerprint density at radius 1 is 1.64 bits per heavy atom. The Morgan fingerprint density at radius 2 is 2.43 bits per heavy atom. The molecule has 0 saturated heterocycles. The minimum atomic E-state index is -0.516. The van der Waals surface area contributed by atoms with E-state index in [9.17, 15) is 0 Å². The molecule has 1 unspecified atom stereocenters. The minimum Gasteiger partial charge on any atom is -0.251 e. The Morgan fingerprint density at radius 3 is 3.07 bits per heavy atom. The number of hydrogen-bond acceptors (Lipinski definition) is 2. The zero-order chi connectivity index (χ0) is 12.7. The van der Waals surface area contributed by atoms with E-state index in [0.717, 1.165) is 12.0 Å². The van der Waals surface area contributed by atoms with Crippen molar-refractivity contribution in [2.75, 3.05) is 0 Å². The highest BCUT2D eigenvalue weighted by atomic mass is 17.1. The molecule has 0 bridgehead atoms. The molecule has 0 aliphatic rings. The minimum absolute atomic E-state index is 0.292. The summed E-state index contributed by atoms with van der Waals surface area (Å²) < 4.78 is 21.0. The Labute approximate surface area is 89.1 Å². The van der Waals surface area contributed by atoms with Gasteiger partial charge in [-0.15, -0.1) is 0 Å². The van der Waals surface area contributed by atoms with E-state index >= 15 is 0 Å². The standard InChI is InChI=1S/C12H16O2/c1-10(2)12(14-13)9-8-11-6-4-3-5-7-11/h3-7,12-13H,1,8-9H2,2H3/i1D2/hD. The van der Waals surface area contributed by atoms with Gasteiger partial charge in [0.1, 0.15) is 6.10 Å². The molecule has 0 spiro atoms. The number of aryl methyl sites for hydroxylation is 1. The van der Waals surface area contributed by atoms with E-state index in [1.54, 1.807) is 6.92 Å². The molecule has 0 aromatic heterocycles. The molecule has 1 N–H and O–H groups in total. The summed E-state index contributed by atoms with van der Waals surface area (Å²) in [6.45, 7) is 1.35. The molecule has 76 valence electrons. The summed E-state index contributed by atoms with van der Waals surface area (Å²) >= 11 is 0. The van der Waals surface area contributed by atoms with Crippen molar-refractivity contribution in [2.24, 2.45) is 0 Å². The number of rotatable bonds is 6. The molecule has 1 aromatic carbocycles. The van der Waals surface area contributed by atoms with Crippen LogP contribution in [0.1, 0.15) is 21.6 Å². The average Bonchev–Trinajstić information content (AvgIpc) is 2.34. The molecule has 14 heavy (non-hydrogen) atoms. The summed E-state index contributed by atoms with van der Waals surface area (Å²) in [5, 5.41) is 3.91. The summed E-state index contributed by atoms with van der Waals surface area (Å²) in [6, 6.07) is 9.85. The molecule has 0 aliphatic carbocycles. The molecule has 2 nitrogen and oxygen atoms in total. The molecule has 0 heterocycles. The van der Waals surface area contributed by atoms with Crippen LogP contribution in [0.3, 0.4) is 0 Å². The smallest absolute Gasteiger partial charge is 0.251 e. The van der Waals surface area contributed by atoms with Gasteiger partial charge in [-0.3, -0.25) is 5.26 Å². The maximum Gasteiger partial charge on any atom is 0.255 e. The highest BCUT2D eigenvalue weighted by molar-refractivity contribution is 5.15. The van der Waals surface area contributed by atoms with Crippen LogP contribution in [0.5, 0.6) is 0 Å². The average molecular weight is 195 g/mol. The first-order valence-corrected chi connectivity index (χ1v) is 4.61. The van der Waals surface area contributed by atoms with Gasteiger partial charge >= 0.3 is 0 Å². The molecule has 0 fully saturated rings. The van der Waals surface area contributed by atoms with Crippen molar-refractivity contribution in [1.82, 2.24) is 0 Å². The van der Waals surface area contributed by atoms with Gasteiger partial charge in [0.25, 0.3) is 1.43 Å². The van der Waals surface area contributed by atoms with Crippen LogP contribution < -0.4 is 0 Å². The second-order valence-electron chi connectivity index (χ2n) is 3.29. The third kappa shape index (κ3) is 3.32. The fourth-order valence-corrected chi connectivity index (χ4v) is 1.28. The summed E-state index contributed by atoms with van der Waals surface area (Å²) in [6.07, 6.45) is 0.813. The number of benzene rings is 1. The third-order valence-corrected chi connectivity index (χ3v) is 2.14. The predicted octanol–water partition coefficient (Wildman–Crippen LogP) is 3.05. The highest BCUT2D eigenvalue weighted by Gasteiger charge is 2.09. The summed E-state index contributed by atoms with van der Waals surface area (Å²) in [5.74, 6) is 0. The maximum atomic E-state index is 7.23. The van der Waals surface area contributed by atoms with Crippen LogP contribution in [0.2, 0.25) is 0 Å². The monoisotopic (exact) mass is 195 g/mol. The fraction of sp³-hybridized carbons (Fsp3) is 0.333. The molecule has 1 aromatic rings. The first-order valence-electron chi connectivity index (χ1n) is 6.02. The Hall–Kier alpha value is -1.12. The maximum absolute atomic E-state index is 7.23. The van der Waals surface area contributed by atoms with Gasteiger partial charge in [0.2, 0.25) is 0 Å². The van der Waals surface area contributed by atoms with Crippen LogP contribution in [0.25, 0.3) is 1.43 Å². The first kappa shape index (κ1) is 7.21. The van der Waals surface area contributed by atoms with Crippen molar-refractivity contribution < 1.29 is 12.9 Å². The Kier molecular flexibility index (Phi) is 2.87. The third-order valence-electron chi connectivity index (χ3n) is 2.14. The fourth-order valence-electron chi connectivity index (χ4n) is 1.28. The van der Waals surface area contributed by atoms with Crippen molar-refractivity contribution >= 4 is 0 Å². The van der Waals surface area contributed by atoms with Crippen molar-refractivity contribution in [1.29, 1.82) is 1.43 Å². The summed E-state index contributed by atoms with van der Waals surface area (Å²) in [4.78, 5) is 4.76. The van der Waals surface area contributed by atoms with Crippen LogP contribution in [0.4, 0.5) is 0 Å². The van der Waals surface area contributed by atoms with Gasteiger partial charge in [0.15, 0.2) is 0 Å². The van der Waals surface area contributed by atoms with E-state index in [-0.39, 0.29) is 6.53 Å². The van der Waals surface area contributed by atoms with Crippen molar-refractivity contribution in [3.63, 3.8) is 0 Å². The van der Waals surface area contributed by atoms with E-state index in [4.69, 9.17) is 9.06 Å². The molecule has 0 amide bonds. The van der Waals surface area contributed by atoms with Crippen LogP contribution in [0.15, 0.2) is 42.4 Å². The predicted molar refractivity (Wildman–Crippen MR) is 57.1 cm³/mol. The van der Waals surface area contributed by atoms with Gasteiger partial charge < -0.3 is 0 Å². The Balaban J connectivity index is 2.59. The lowest BCUT2D eigenvalue weighted by Gasteiger charge is -2.12. The number of hydrogen-bond donors (Lipinski definition) is 1. The molecule has 0 saturated carbocycles. The van der Waals surface area contributed by atoms with Crippen LogP contribution in [0, 0.1) is 0 Å². The van der Waals surface area contributed by atoms with E-state index in [0.29, 0.717) is 12.0 Å². The molecule has 0 aliphatic heterocycles. The lowest BCUT2D eigenvalue weighted by atomic mass is 10.0. The van der Waals surface area contributed by atoms with Crippen molar-refractivity contribution in [3.8, 4) is 0 Å². The zero-order valence-corrected chi connectivity index (χ0v) is 8.19. The molecular weight excluding hydrogens is 176 g/mol. The molecule has 1 atom stereocenters. The topological polar surface area (TPSA) is 29.5 Å². The second kappa shape index (κ2) is 5.58. The first-order chi connectivity index (χ1) is 8.15. The molecule has 1 rings (SSSR count). The van der Waals surface area contributed by atoms with Crippen LogP contribution in [-0.2, 0) is 11.3 Å². The van der Waals surface area contributed by atoms with E-state index in [2.05, 4.69) is 5.26 Å². The highest BCUT2D eigenvalue weighted by Crippen LogP contribution is 2.11. The van der Waals surface area contributed by atoms with Gasteiger partial charge in [-0.2, -0.15) is 0 Å². The van der Waals surface area contributed by atoms with E-state index < -0.39 is 6.10 Å². The summed E-state index contributed by atoms with van der Waals surface area (Å²) in [7, 11) is 0. The Bertz CT molecular complexity index is 361. The SMILES string of the molecule is [2H]OOC(CCc1ccccc1)C(C)=C([2H])[2H]. The zero-order valence-electron chi connectivity index (χ0n) is 11.2. The van der Waals surface area contributed by atoms with Gasteiger partial charge in [0, 0.05) is 0 Å². The summed E-state index contributed by atoms with van der Waals surface area (Å²) in [5.41, 5.74) is 1.61. The van der Waals surface area contributed by atoms with Crippen LogP contribution >= 0.6 is 0 Å². The van der Waals surface area contributed by atoms with Gasteiger partial charge in [-0.05, 0) is 30.9 Å². The van der Waals surface area contributed by atoms with Crippen molar-refractivity contribution in [3.05, 3.63) is 48.0 Å². The largest absolute Gasteiger partial charge is 0.255 e. The van der Waals surface area contributed by atoms with E-state index in [1.165, 1.54) is 0 Å². The second-order valence-corrected chi connectivity index (χ2v) is 3.29. The molecule has 2 heteroatoms. The lowest BCUT2D eigenvalue weighted by molar-refractivity contribution is -0.269.